The van der Waals surface area contributed by atoms with Gasteiger partial charge in [0.25, 0.3) is 11.8 Å². The van der Waals surface area contributed by atoms with Gasteiger partial charge in [0.2, 0.25) is 5.91 Å². The van der Waals surface area contributed by atoms with Gasteiger partial charge in [0.05, 0.1) is 13.0 Å². The van der Waals surface area contributed by atoms with Gasteiger partial charge in [-0.05, 0) is 55.0 Å². The minimum absolute atomic E-state index is 0.00592. The molecule has 2 aromatic carbocycles. The summed E-state index contributed by atoms with van der Waals surface area (Å²) in [5.41, 5.74) is 5.30. The predicted molar refractivity (Wildman–Crippen MR) is 135 cm³/mol. The number of esters is 1. The molecule has 0 aliphatic rings. The van der Waals surface area contributed by atoms with Crippen LogP contribution in [-0.4, -0.2) is 43.4 Å². The number of carbonyl (C=O) groups excluding carboxylic acids is 4. The van der Waals surface area contributed by atoms with Crippen molar-refractivity contribution in [3.8, 4) is 0 Å². The minimum Gasteiger partial charge on any atom is -0.456 e. The summed E-state index contributed by atoms with van der Waals surface area (Å²) in [5, 5.41) is 7.87. The molecule has 0 bridgehead atoms. The van der Waals surface area contributed by atoms with Crippen molar-refractivity contribution in [2.75, 3.05) is 25.0 Å². The third-order valence-corrected chi connectivity index (χ3v) is 5.38. The molecule has 0 saturated carbocycles. The summed E-state index contributed by atoms with van der Waals surface area (Å²) in [6.07, 6.45) is -0.0778. The van der Waals surface area contributed by atoms with Gasteiger partial charge in [-0.3, -0.25) is 19.2 Å². The molecule has 3 N–H and O–H groups in total. The highest BCUT2D eigenvalue weighted by Crippen LogP contribution is 2.22. The first kappa shape index (κ1) is 27.6. The Morgan fingerprint density at radius 2 is 1.46 bits per heavy atom. The topological polar surface area (TPSA) is 114 Å². The van der Waals surface area contributed by atoms with E-state index in [9.17, 15) is 19.2 Å². The van der Waals surface area contributed by atoms with Crippen LogP contribution < -0.4 is 16.0 Å². The molecule has 35 heavy (non-hydrogen) atoms. The highest BCUT2D eigenvalue weighted by molar-refractivity contribution is 5.96. The SMILES string of the molecule is Cc1cc(C)c(NC(=O)CNC(=O)COC(=O)CCNC(=O)c2ccc(C(C)(C)C)cc2)c(C)c1. The Kier molecular flexibility index (Phi) is 9.57. The van der Waals surface area contributed by atoms with Crippen molar-refractivity contribution >= 4 is 29.4 Å². The molecule has 8 heteroatoms. The lowest BCUT2D eigenvalue weighted by molar-refractivity contribution is -0.148. The number of hydrogen-bond donors (Lipinski definition) is 3. The first-order valence-corrected chi connectivity index (χ1v) is 11.6. The third-order valence-electron chi connectivity index (χ3n) is 5.38. The Balaban J connectivity index is 1.67. The monoisotopic (exact) mass is 481 g/mol. The summed E-state index contributed by atoms with van der Waals surface area (Å²) >= 11 is 0. The van der Waals surface area contributed by atoms with E-state index in [4.69, 9.17) is 4.74 Å². The van der Waals surface area contributed by atoms with Crippen molar-refractivity contribution in [2.24, 2.45) is 0 Å². The first-order valence-electron chi connectivity index (χ1n) is 11.6. The van der Waals surface area contributed by atoms with Gasteiger partial charge in [0.1, 0.15) is 0 Å². The number of rotatable bonds is 9. The third kappa shape index (κ3) is 8.88. The molecule has 8 nitrogen and oxygen atoms in total. The maximum Gasteiger partial charge on any atom is 0.308 e. The fourth-order valence-electron chi connectivity index (χ4n) is 3.51. The zero-order valence-electron chi connectivity index (χ0n) is 21.3. The molecule has 0 aliphatic heterocycles. The summed E-state index contributed by atoms with van der Waals surface area (Å²) in [7, 11) is 0. The predicted octanol–water partition coefficient (Wildman–Crippen LogP) is 3.33. The van der Waals surface area contributed by atoms with Crippen LogP contribution in [0, 0.1) is 20.8 Å². The van der Waals surface area contributed by atoms with E-state index in [1.807, 2.05) is 45.0 Å². The van der Waals surface area contributed by atoms with Crippen molar-refractivity contribution in [3.63, 3.8) is 0 Å². The van der Waals surface area contributed by atoms with Gasteiger partial charge in [-0.25, -0.2) is 0 Å². The van der Waals surface area contributed by atoms with Crippen LogP contribution in [0.3, 0.4) is 0 Å². The van der Waals surface area contributed by atoms with Crippen molar-refractivity contribution < 1.29 is 23.9 Å². The largest absolute Gasteiger partial charge is 0.456 e. The lowest BCUT2D eigenvalue weighted by Crippen LogP contribution is -2.36. The van der Waals surface area contributed by atoms with E-state index in [2.05, 4.69) is 36.7 Å². The van der Waals surface area contributed by atoms with Gasteiger partial charge in [0, 0.05) is 17.8 Å². The molecular formula is C27H35N3O5. The maximum atomic E-state index is 12.2. The molecule has 0 aromatic heterocycles. The van der Waals surface area contributed by atoms with Crippen LogP contribution in [0.15, 0.2) is 36.4 Å². The van der Waals surface area contributed by atoms with Crippen LogP contribution in [0.1, 0.15) is 59.8 Å². The van der Waals surface area contributed by atoms with Crippen LogP contribution in [0.2, 0.25) is 0 Å². The smallest absolute Gasteiger partial charge is 0.308 e. The molecule has 2 rings (SSSR count). The average molecular weight is 482 g/mol. The van der Waals surface area contributed by atoms with Crippen molar-refractivity contribution in [3.05, 3.63) is 64.2 Å². The molecule has 0 spiro atoms. The second-order valence-electron chi connectivity index (χ2n) is 9.59. The Morgan fingerprint density at radius 1 is 0.857 bits per heavy atom. The summed E-state index contributed by atoms with van der Waals surface area (Å²) in [4.78, 5) is 48.2. The zero-order valence-corrected chi connectivity index (χ0v) is 21.3. The zero-order chi connectivity index (χ0) is 26.2. The quantitative estimate of drug-likeness (QED) is 0.476. The fraction of sp³-hybridized carbons (Fsp3) is 0.407. The van der Waals surface area contributed by atoms with Crippen molar-refractivity contribution in [2.45, 2.75) is 53.4 Å². The molecule has 0 heterocycles. The number of carbonyl (C=O) groups is 4. The minimum atomic E-state index is -0.626. The molecule has 188 valence electrons. The molecule has 3 amide bonds. The van der Waals surface area contributed by atoms with Crippen LogP contribution >= 0.6 is 0 Å². The van der Waals surface area contributed by atoms with Crippen molar-refractivity contribution in [1.82, 2.24) is 10.6 Å². The number of benzene rings is 2. The summed E-state index contributed by atoms with van der Waals surface area (Å²) < 4.78 is 4.91. The van der Waals surface area contributed by atoms with Gasteiger partial charge in [-0.1, -0.05) is 50.6 Å². The number of ether oxygens (including phenoxy) is 1. The van der Waals surface area contributed by atoms with Crippen molar-refractivity contribution in [1.29, 1.82) is 0 Å². The standard InChI is InChI=1S/C27H35N3O5/c1-17-13-18(2)25(19(3)14-17)30-22(31)15-29-23(32)16-35-24(33)11-12-28-26(34)20-7-9-21(10-8-20)27(4,5)6/h7-10,13-14H,11-12,15-16H2,1-6H3,(H,28,34)(H,29,32)(H,30,31). The van der Waals surface area contributed by atoms with Gasteiger partial charge in [-0.15, -0.1) is 0 Å². The second-order valence-corrected chi connectivity index (χ2v) is 9.59. The number of amides is 3. The van der Waals surface area contributed by atoms with Gasteiger partial charge < -0.3 is 20.7 Å². The van der Waals surface area contributed by atoms with E-state index in [1.54, 1.807) is 12.1 Å². The molecule has 0 atom stereocenters. The Morgan fingerprint density at radius 3 is 2.03 bits per heavy atom. The molecule has 0 saturated heterocycles. The van der Waals surface area contributed by atoms with Gasteiger partial charge in [-0.2, -0.15) is 0 Å². The molecular weight excluding hydrogens is 446 g/mol. The highest BCUT2D eigenvalue weighted by atomic mass is 16.5. The van der Waals surface area contributed by atoms with Crippen LogP contribution in [0.25, 0.3) is 0 Å². The first-order chi connectivity index (χ1) is 16.4. The second kappa shape index (κ2) is 12.1. The Hall–Kier alpha value is -3.68. The van der Waals surface area contributed by atoms with E-state index in [1.165, 1.54) is 0 Å². The van der Waals surface area contributed by atoms with E-state index >= 15 is 0 Å². The van der Waals surface area contributed by atoms with Crippen LogP contribution in [0.4, 0.5) is 5.69 Å². The summed E-state index contributed by atoms with van der Waals surface area (Å²) in [6, 6.07) is 11.2. The average Bonchev–Trinajstić information content (AvgIpc) is 2.78. The molecule has 0 radical (unpaired) electrons. The van der Waals surface area contributed by atoms with Crippen LogP contribution in [-0.2, 0) is 24.5 Å². The molecule has 0 fully saturated rings. The number of anilines is 1. The lowest BCUT2D eigenvalue weighted by atomic mass is 9.87. The molecule has 2 aromatic rings. The number of hydrogen-bond acceptors (Lipinski definition) is 5. The Labute approximate surface area is 206 Å². The maximum absolute atomic E-state index is 12.2. The normalized spacial score (nSPS) is 10.9. The van der Waals surface area contributed by atoms with Crippen LogP contribution in [0.5, 0.6) is 0 Å². The fourth-order valence-corrected chi connectivity index (χ4v) is 3.51. The van der Waals surface area contributed by atoms with E-state index in [0.717, 1.165) is 22.3 Å². The summed E-state index contributed by atoms with van der Waals surface area (Å²) in [6.45, 7) is 11.4. The highest BCUT2D eigenvalue weighted by Gasteiger charge is 2.15. The molecule has 0 unspecified atom stereocenters. The van der Waals surface area contributed by atoms with Gasteiger partial charge in [0.15, 0.2) is 6.61 Å². The Bertz CT molecular complexity index is 1060. The lowest BCUT2D eigenvalue weighted by Gasteiger charge is -2.19. The number of nitrogens with one attached hydrogen (secondary N) is 3. The molecule has 0 aliphatic carbocycles. The van der Waals surface area contributed by atoms with E-state index in [-0.39, 0.29) is 36.7 Å². The van der Waals surface area contributed by atoms with E-state index < -0.39 is 18.5 Å². The number of aryl methyl sites for hydroxylation is 3. The van der Waals surface area contributed by atoms with E-state index in [0.29, 0.717) is 11.3 Å². The summed E-state index contributed by atoms with van der Waals surface area (Å²) in [5.74, 6) is -1.88. The van der Waals surface area contributed by atoms with Gasteiger partial charge >= 0.3 is 5.97 Å².